The smallest absolute Gasteiger partial charge is 0.314 e. The molecule has 0 saturated heterocycles. The number of urea groups is 1. The minimum absolute atomic E-state index is 0.0803. The van der Waals surface area contributed by atoms with Gasteiger partial charge in [-0.15, -0.1) is 0 Å². The summed E-state index contributed by atoms with van der Waals surface area (Å²) in [6, 6.07) is 16.1. The molecule has 2 aromatic rings. The molecule has 1 aliphatic rings. The van der Waals surface area contributed by atoms with Crippen LogP contribution in [-0.4, -0.2) is 12.6 Å². The van der Waals surface area contributed by atoms with Gasteiger partial charge in [0, 0.05) is 18.4 Å². The molecular formula is C18H18N2O. The molecule has 0 bridgehead atoms. The molecule has 21 heavy (non-hydrogen) atoms. The van der Waals surface area contributed by atoms with Crippen molar-refractivity contribution >= 4 is 17.8 Å². The number of benzene rings is 2. The summed E-state index contributed by atoms with van der Waals surface area (Å²) in [7, 11) is 0. The van der Waals surface area contributed by atoms with E-state index in [2.05, 4.69) is 30.4 Å². The molecule has 0 aromatic heterocycles. The second-order valence-electron chi connectivity index (χ2n) is 5.22. The molecule has 1 heterocycles. The first kappa shape index (κ1) is 13.4. The molecule has 2 amide bonds. The Balaban J connectivity index is 1.64. The number of carbonyl (C=O) groups excluding carboxylic acids is 1. The van der Waals surface area contributed by atoms with Gasteiger partial charge < -0.3 is 5.32 Å². The van der Waals surface area contributed by atoms with Gasteiger partial charge in [-0.05, 0) is 36.6 Å². The van der Waals surface area contributed by atoms with Crippen LogP contribution in [-0.2, 0) is 6.42 Å². The fourth-order valence-corrected chi connectivity index (χ4v) is 2.51. The molecule has 0 spiro atoms. The van der Waals surface area contributed by atoms with Crippen LogP contribution < -0.4 is 10.2 Å². The van der Waals surface area contributed by atoms with Gasteiger partial charge in [0.2, 0.25) is 0 Å². The summed E-state index contributed by atoms with van der Waals surface area (Å²) in [6.45, 7) is 2.80. The van der Waals surface area contributed by atoms with E-state index in [0.717, 1.165) is 24.2 Å². The van der Waals surface area contributed by atoms with Gasteiger partial charge >= 0.3 is 6.03 Å². The lowest BCUT2D eigenvalue weighted by molar-refractivity contribution is 0.250. The third-order valence-electron chi connectivity index (χ3n) is 3.69. The maximum Gasteiger partial charge on any atom is 0.325 e. The number of carbonyl (C=O) groups is 1. The summed E-state index contributed by atoms with van der Waals surface area (Å²) < 4.78 is 0. The number of para-hydroxylation sites is 1. The SMILES string of the molecule is Cc1ccc(/C=C/NC(=O)N2CCc3ccccc32)cc1. The fourth-order valence-electron chi connectivity index (χ4n) is 2.51. The fraction of sp³-hybridized carbons (Fsp3) is 0.167. The molecule has 1 N–H and O–H groups in total. The average Bonchev–Trinajstić information content (AvgIpc) is 2.93. The zero-order valence-corrected chi connectivity index (χ0v) is 12.0. The zero-order chi connectivity index (χ0) is 14.7. The van der Waals surface area contributed by atoms with Gasteiger partial charge in [0.1, 0.15) is 0 Å². The maximum atomic E-state index is 12.2. The van der Waals surface area contributed by atoms with Crippen LogP contribution in [0.2, 0.25) is 0 Å². The lowest BCUT2D eigenvalue weighted by Gasteiger charge is -2.16. The lowest BCUT2D eigenvalue weighted by Crippen LogP contribution is -2.36. The number of hydrogen-bond acceptors (Lipinski definition) is 1. The number of anilines is 1. The van der Waals surface area contributed by atoms with E-state index in [1.54, 1.807) is 11.1 Å². The molecule has 0 fully saturated rings. The van der Waals surface area contributed by atoms with Crippen LogP contribution in [0.25, 0.3) is 6.08 Å². The molecule has 0 aliphatic carbocycles. The lowest BCUT2D eigenvalue weighted by atomic mass is 10.1. The summed E-state index contributed by atoms with van der Waals surface area (Å²) >= 11 is 0. The van der Waals surface area contributed by atoms with E-state index in [1.165, 1.54) is 11.1 Å². The first-order valence-corrected chi connectivity index (χ1v) is 7.13. The van der Waals surface area contributed by atoms with Gasteiger partial charge in [0.15, 0.2) is 0 Å². The van der Waals surface area contributed by atoms with Gasteiger partial charge in [-0.1, -0.05) is 48.0 Å². The quantitative estimate of drug-likeness (QED) is 0.891. The van der Waals surface area contributed by atoms with Crippen molar-refractivity contribution in [3.05, 3.63) is 71.4 Å². The first-order chi connectivity index (χ1) is 10.2. The Morgan fingerprint density at radius 2 is 1.90 bits per heavy atom. The molecular weight excluding hydrogens is 260 g/mol. The predicted octanol–water partition coefficient (Wildman–Crippen LogP) is 3.74. The number of fused-ring (bicyclic) bond motifs is 1. The first-order valence-electron chi connectivity index (χ1n) is 7.13. The van der Waals surface area contributed by atoms with E-state index in [9.17, 15) is 4.79 Å². The van der Waals surface area contributed by atoms with Gasteiger partial charge in [-0.25, -0.2) is 4.79 Å². The van der Waals surface area contributed by atoms with Crippen LogP contribution in [0.4, 0.5) is 10.5 Å². The Morgan fingerprint density at radius 3 is 2.71 bits per heavy atom. The molecule has 1 aliphatic heterocycles. The van der Waals surface area contributed by atoms with E-state index < -0.39 is 0 Å². The van der Waals surface area contributed by atoms with Crippen molar-refractivity contribution in [2.45, 2.75) is 13.3 Å². The Kier molecular flexibility index (Phi) is 3.73. The van der Waals surface area contributed by atoms with Gasteiger partial charge in [-0.3, -0.25) is 4.90 Å². The second-order valence-corrected chi connectivity index (χ2v) is 5.22. The molecule has 0 saturated carbocycles. The molecule has 0 atom stereocenters. The maximum absolute atomic E-state index is 12.2. The van der Waals surface area contributed by atoms with E-state index >= 15 is 0 Å². The van der Waals surface area contributed by atoms with Crippen LogP contribution in [0.3, 0.4) is 0 Å². The standard InChI is InChI=1S/C18H18N2O/c1-14-6-8-15(9-7-14)10-12-19-18(21)20-13-11-16-4-2-3-5-17(16)20/h2-10,12H,11,13H2,1H3,(H,19,21)/b12-10+. The van der Waals surface area contributed by atoms with Crippen molar-refractivity contribution < 1.29 is 4.79 Å². The Labute approximate surface area is 124 Å². The van der Waals surface area contributed by atoms with Crippen LogP contribution in [0, 0.1) is 6.92 Å². The van der Waals surface area contributed by atoms with Crippen LogP contribution in [0.1, 0.15) is 16.7 Å². The van der Waals surface area contributed by atoms with E-state index in [-0.39, 0.29) is 6.03 Å². The summed E-state index contributed by atoms with van der Waals surface area (Å²) in [5, 5.41) is 2.84. The molecule has 3 heteroatoms. The van der Waals surface area contributed by atoms with Gasteiger partial charge in [0.25, 0.3) is 0 Å². The van der Waals surface area contributed by atoms with Crippen molar-refractivity contribution in [1.29, 1.82) is 0 Å². The Hall–Kier alpha value is -2.55. The third kappa shape index (κ3) is 2.97. The largest absolute Gasteiger partial charge is 0.325 e. The Morgan fingerprint density at radius 1 is 1.14 bits per heavy atom. The summed E-state index contributed by atoms with van der Waals surface area (Å²) in [6.07, 6.45) is 4.53. The van der Waals surface area contributed by atoms with Gasteiger partial charge in [0.05, 0.1) is 0 Å². The number of hydrogen-bond donors (Lipinski definition) is 1. The van der Waals surface area contributed by atoms with Crippen molar-refractivity contribution in [3.8, 4) is 0 Å². The highest BCUT2D eigenvalue weighted by molar-refractivity contribution is 5.95. The van der Waals surface area contributed by atoms with Crippen molar-refractivity contribution in [1.82, 2.24) is 5.32 Å². The predicted molar refractivity (Wildman–Crippen MR) is 86.2 cm³/mol. The number of amides is 2. The second kappa shape index (κ2) is 5.83. The molecule has 106 valence electrons. The van der Waals surface area contributed by atoms with Gasteiger partial charge in [-0.2, -0.15) is 0 Å². The summed E-state index contributed by atoms with van der Waals surface area (Å²) in [5.74, 6) is 0. The normalized spacial score (nSPS) is 13.5. The van der Waals surface area contributed by atoms with E-state index in [4.69, 9.17) is 0 Å². The van der Waals surface area contributed by atoms with Crippen LogP contribution >= 0.6 is 0 Å². The van der Waals surface area contributed by atoms with Crippen LogP contribution in [0.5, 0.6) is 0 Å². The molecule has 3 nitrogen and oxygen atoms in total. The highest BCUT2D eigenvalue weighted by Crippen LogP contribution is 2.27. The number of rotatable bonds is 2. The Bertz CT molecular complexity index is 674. The van der Waals surface area contributed by atoms with Crippen molar-refractivity contribution in [3.63, 3.8) is 0 Å². The minimum atomic E-state index is -0.0803. The summed E-state index contributed by atoms with van der Waals surface area (Å²) in [5.41, 5.74) is 4.54. The third-order valence-corrected chi connectivity index (χ3v) is 3.69. The number of nitrogens with zero attached hydrogens (tertiary/aromatic N) is 1. The highest BCUT2D eigenvalue weighted by Gasteiger charge is 2.23. The van der Waals surface area contributed by atoms with Crippen LogP contribution in [0.15, 0.2) is 54.7 Å². The van der Waals surface area contributed by atoms with Crippen molar-refractivity contribution in [2.75, 3.05) is 11.4 Å². The highest BCUT2D eigenvalue weighted by atomic mass is 16.2. The minimum Gasteiger partial charge on any atom is -0.314 e. The molecule has 2 aromatic carbocycles. The average molecular weight is 278 g/mol. The van der Waals surface area contributed by atoms with E-state index in [1.807, 2.05) is 36.4 Å². The van der Waals surface area contributed by atoms with E-state index in [0.29, 0.717) is 0 Å². The number of aryl methyl sites for hydroxylation is 1. The molecule has 0 unspecified atom stereocenters. The summed E-state index contributed by atoms with van der Waals surface area (Å²) in [4.78, 5) is 14.0. The number of nitrogens with one attached hydrogen (secondary N) is 1. The molecule has 0 radical (unpaired) electrons. The zero-order valence-electron chi connectivity index (χ0n) is 12.0. The molecule has 3 rings (SSSR count). The monoisotopic (exact) mass is 278 g/mol. The topological polar surface area (TPSA) is 32.3 Å². The van der Waals surface area contributed by atoms with Crippen molar-refractivity contribution in [2.24, 2.45) is 0 Å².